The quantitative estimate of drug-likeness (QED) is 0.832. The van der Waals surface area contributed by atoms with Crippen LogP contribution in [0.2, 0.25) is 0 Å². The number of nitrogens with zero attached hydrogens (tertiary/aromatic N) is 1. The largest absolute Gasteiger partial charge is 0.329 e. The van der Waals surface area contributed by atoms with E-state index in [1.165, 1.54) is 45.1 Å². The standard InChI is InChI=1S/C16H32N2/c1-12(2)15-8-5-9-18(15)16(11-17)14-7-4-6-13(3)10-14/h12-16H,4-11,17H2,1-3H3. The first-order valence-electron chi connectivity index (χ1n) is 8.09. The molecule has 0 amide bonds. The highest BCUT2D eigenvalue weighted by atomic mass is 15.2. The third-order valence-corrected chi connectivity index (χ3v) is 5.30. The molecule has 0 bridgehead atoms. The average Bonchev–Trinajstić information content (AvgIpc) is 2.79. The van der Waals surface area contributed by atoms with Gasteiger partial charge in [-0.3, -0.25) is 4.90 Å². The van der Waals surface area contributed by atoms with Crippen LogP contribution in [-0.2, 0) is 0 Å². The number of rotatable bonds is 4. The van der Waals surface area contributed by atoms with Gasteiger partial charge in [0.1, 0.15) is 0 Å². The fourth-order valence-electron chi connectivity index (χ4n) is 4.37. The minimum atomic E-state index is 0.655. The highest BCUT2D eigenvalue weighted by Gasteiger charge is 2.36. The van der Waals surface area contributed by atoms with Gasteiger partial charge in [0, 0.05) is 18.6 Å². The molecule has 1 aliphatic carbocycles. The van der Waals surface area contributed by atoms with E-state index in [4.69, 9.17) is 5.73 Å². The van der Waals surface area contributed by atoms with Crippen molar-refractivity contribution in [1.29, 1.82) is 0 Å². The molecule has 1 heterocycles. The van der Waals surface area contributed by atoms with Gasteiger partial charge in [-0.2, -0.15) is 0 Å². The van der Waals surface area contributed by atoms with E-state index in [0.29, 0.717) is 6.04 Å². The second-order valence-corrected chi connectivity index (χ2v) is 7.03. The van der Waals surface area contributed by atoms with Crippen LogP contribution in [0.3, 0.4) is 0 Å². The monoisotopic (exact) mass is 252 g/mol. The van der Waals surface area contributed by atoms with Crippen molar-refractivity contribution in [3.8, 4) is 0 Å². The van der Waals surface area contributed by atoms with Gasteiger partial charge in [0.2, 0.25) is 0 Å². The molecule has 0 radical (unpaired) electrons. The molecule has 0 spiro atoms. The van der Waals surface area contributed by atoms with Gasteiger partial charge in [0.25, 0.3) is 0 Å². The second-order valence-electron chi connectivity index (χ2n) is 7.03. The Bertz CT molecular complexity index is 251. The summed E-state index contributed by atoms with van der Waals surface area (Å²) in [5, 5.41) is 0. The number of nitrogens with two attached hydrogens (primary N) is 1. The maximum absolute atomic E-state index is 6.15. The summed E-state index contributed by atoms with van der Waals surface area (Å²) < 4.78 is 0. The third-order valence-electron chi connectivity index (χ3n) is 5.30. The summed E-state index contributed by atoms with van der Waals surface area (Å²) in [7, 11) is 0. The van der Waals surface area contributed by atoms with Gasteiger partial charge in [-0.05, 0) is 50.0 Å². The van der Waals surface area contributed by atoms with Crippen LogP contribution in [0.15, 0.2) is 0 Å². The molecule has 0 aromatic carbocycles. The van der Waals surface area contributed by atoms with Crippen molar-refractivity contribution in [3.63, 3.8) is 0 Å². The minimum absolute atomic E-state index is 0.655. The maximum atomic E-state index is 6.15. The molecular weight excluding hydrogens is 220 g/mol. The van der Waals surface area contributed by atoms with Crippen LogP contribution < -0.4 is 5.73 Å². The molecule has 4 atom stereocenters. The van der Waals surface area contributed by atoms with Crippen LogP contribution in [0.4, 0.5) is 0 Å². The fraction of sp³-hybridized carbons (Fsp3) is 1.00. The normalized spacial score (nSPS) is 36.2. The Morgan fingerprint density at radius 1 is 1.17 bits per heavy atom. The number of likely N-dealkylation sites (tertiary alicyclic amines) is 1. The van der Waals surface area contributed by atoms with Crippen LogP contribution in [-0.4, -0.2) is 30.1 Å². The Labute approximate surface area is 113 Å². The molecule has 0 aromatic rings. The average molecular weight is 252 g/mol. The van der Waals surface area contributed by atoms with Gasteiger partial charge in [-0.1, -0.05) is 33.6 Å². The molecule has 18 heavy (non-hydrogen) atoms. The predicted octanol–water partition coefficient (Wildman–Crippen LogP) is 3.26. The molecule has 1 aliphatic heterocycles. The van der Waals surface area contributed by atoms with Gasteiger partial charge < -0.3 is 5.73 Å². The first kappa shape index (κ1) is 14.3. The lowest BCUT2D eigenvalue weighted by molar-refractivity contribution is 0.0797. The van der Waals surface area contributed by atoms with E-state index in [9.17, 15) is 0 Å². The predicted molar refractivity (Wildman–Crippen MR) is 78.5 cm³/mol. The molecule has 2 N–H and O–H groups in total. The van der Waals surface area contributed by atoms with Crippen LogP contribution in [0.5, 0.6) is 0 Å². The summed E-state index contributed by atoms with van der Waals surface area (Å²) in [6.45, 7) is 9.32. The molecule has 4 unspecified atom stereocenters. The van der Waals surface area contributed by atoms with E-state index in [-0.39, 0.29) is 0 Å². The Kier molecular flexibility index (Phi) is 5.08. The highest BCUT2D eigenvalue weighted by Crippen LogP contribution is 2.36. The highest BCUT2D eigenvalue weighted by molar-refractivity contribution is 4.91. The molecule has 2 heteroatoms. The minimum Gasteiger partial charge on any atom is -0.329 e. The van der Waals surface area contributed by atoms with E-state index in [1.807, 2.05) is 0 Å². The van der Waals surface area contributed by atoms with Crippen molar-refractivity contribution in [2.45, 2.75) is 71.4 Å². The van der Waals surface area contributed by atoms with Crippen molar-refractivity contribution in [1.82, 2.24) is 4.90 Å². The van der Waals surface area contributed by atoms with Gasteiger partial charge in [-0.25, -0.2) is 0 Å². The van der Waals surface area contributed by atoms with E-state index >= 15 is 0 Å². The van der Waals surface area contributed by atoms with Gasteiger partial charge in [0.05, 0.1) is 0 Å². The van der Waals surface area contributed by atoms with Gasteiger partial charge >= 0.3 is 0 Å². The van der Waals surface area contributed by atoms with Crippen molar-refractivity contribution in [2.24, 2.45) is 23.5 Å². The van der Waals surface area contributed by atoms with Crippen LogP contribution >= 0.6 is 0 Å². The zero-order valence-corrected chi connectivity index (χ0v) is 12.6. The molecule has 2 aliphatic rings. The Morgan fingerprint density at radius 3 is 2.56 bits per heavy atom. The van der Waals surface area contributed by atoms with Gasteiger partial charge in [-0.15, -0.1) is 0 Å². The number of hydrogen-bond donors (Lipinski definition) is 1. The molecule has 106 valence electrons. The lowest BCUT2D eigenvalue weighted by atomic mass is 9.77. The maximum Gasteiger partial charge on any atom is 0.0249 e. The van der Waals surface area contributed by atoms with Gasteiger partial charge in [0.15, 0.2) is 0 Å². The molecular formula is C16H32N2. The van der Waals surface area contributed by atoms with E-state index in [0.717, 1.165) is 30.3 Å². The molecule has 0 aromatic heterocycles. The van der Waals surface area contributed by atoms with E-state index in [1.54, 1.807) is 0 Å². The van der Waals surface area contributed by atoms with Crippen molar-refractivity contribution >= 4 is 0 Å². The summed E-state index contributed by atoms with van der Waals surface area (Å²) in [6, 6.07) is 1.44. The first-order valence-corrected chi connectivity index (χ1v) is 8.09. The lowest BCUT2D eigenvalue weighted by Crippen LogP contribution is -2.50. The molecule has 2 nitrogen and oxygen atoms in total. The fourth-order valence-corrected chi connectivity index (χ4v) is 4.37. The summed E-state index contributed by atoms with van der Waals surface area (Å²) in [5.74, 6) is 2.55. The molecule has 1 saturated heterocycles. The molecule has 1 saturated carbocycles. The first-order chi connectivity index (χ1) is 8.63. The van der Waals surface area contributed by atoms with Crippen LogP contribution in [0.25, 0.3) is 0 Å². The molecule has 2 fully saturated rings. The summed E-state index contributed by atoms with van der Waals surface area (Å²) >= 11 is 0. The Hall–Kier alpha value is -0.0800. The Balaban J connectivity index is 2.02. The van der Waals surface area contributed by atoms with Crippen molar-refractivity contribution in [3.05, 3.63) is 0 Å². The summed E-state index contributed by atoms with van der Waals surface area (Å²) in [4.78, 5) is 2.77. The second kappa shape index (κ2) is 6.38. The zero-order valence-electron chi connectivity index (χ0n) is 12.6. The molecule has 2 rings (SSSR count). The summed E-state index contributed by atoms with van der Waals surface area (Å²) in [6.07, 6.45) is 8.43. The zero-order chi connectivity index (χ0) is 13.1. The SMILES string of the molecule is CC1CCCC(C(CN)N2CCCC2C(C)C)C1. The van der Waals surface area contributed by atoms with Crippen molar-refractivity contribution < 1.29 is 0 Å². The Morgan fingerprint density at radius 2 is 1.94 bits per heavy atom. The van der Waals surface area contributed by atoms with Crippen LogP contribution in [0, 0.1) is 17.8 Å². The van der Waals surface area contributed by atoms with Crippen LogP contribution in [0.1, 0.15) is 59.3 Å². The third kappa shape index (κ3) is 3.08. The van der Waals surface area contributed by atoms with E-state index in [2.05, 4.69) is 25.7 Å². The van der Waals surface area contributed by atoms with E-state index < -0.39 is 0 Å². The number of hydrogen-bond acceptors (Lipinski definition) is 2. The van der Waals surface area contributed by atoms with Crippen molar-refractivity contribution in [2.75, 3.05) is 13.1 Å². The lowest BCUT2D eigenvalue weighted by Gasteiger charge is -2.41. The summed E-state index contributed by atoms with van der Waals surface area (Å²) in [5.41, 5.74) is 6.15. The smallest absolute Gasteiger partial charge is 0.0249 e. The topological polar surface area (TPSA) is 29.3 Å².